The van der Waals surface area contributed by atoms with Gasteiger partial charge in [0.15, 0.2) is 0 Å². The van der Waals surface area contributed by atoms with Gasteiger partial charge in [-0.1, -0.05) is 72.9 Å². The number of hydrogen-bond acceptors (Lipinski definition) is 3. The fourth-order valence-corrected chi connectivity index (χ4v) is 1.88. The number of aliphatic hydroxyl groups excluding tert-OH is 2. The van der Waals surface area contributed by atoms with Crippen molar-refractivity contribution in [3.63, 3.8) is 0 Å². The summed E-state index contributed by atoms with van der Waals surface area (Å²) in [4.78, 5) is 10.3. The maximum Gasteiger partial charge on any atom is 0.303 e. The molecule has 0 aromatic carbocycles. The molecule has 0 amide bonds. The van der Waals surface area contributed by atoms with Crippen LogP contribution in [0, 0.1) is 0 Å². The Morgan fingerprint density at radius 3 is 2.12 bits per heavy atom. The number of rotatable bonds is 14. The van der Waals surface area contributed by atoms with Crippen molar-refractivity contribution in [2.45, 2.75) is 57.7 Å². The summed E-state index contributed by atoms with van der Waals surface area (Å²) in [6.45, 7) is 1.71. The lowest BCUT2D eigenvalue weighted by Crippen LogP contribution is -1.98. The summed E-state index contributed by atoms with van der Waals surface area (Å²) in [6, 6.07) is 0. The molecule has 26 heavy (non-hydrogen) atoms. The Morgan fingerprint density at radius 1 is 0.808 bits per heavy atom. The normalized spacial score (nSPS) is 15.5. The predicted molar refractivity (Wildman–Crippen MR) is 108 cm³/mol. The average Bonchev–Trinajstić information content (AvgIpc) is 2.58. The van der Waals surface area contributed by atoms with Crippen molar-refractivity contribution in [2.24, 2.45) is 0 Å². The van der Waals surface area contributed by atoms with E-state index < -0.39 is 18.2 Å². The van der Waals surface area contributed by atoms with Crippen molar-refractivity contribution in [3.05, 3.63) is 72.9 Å². The topological polar surface area (TPSA) is 77.8 Å². The molecule has 0 aliphatic heterocycles. The van der Waals surface area contributed by atoms with E-state index in [-0.39, 0.29) is 6.42 Å². The summed E-state index contributed by atoms with van der Waals surface area (Å²) in [5.74, 6) is -0.769. The maximum atomic E-state index is 10.3. The smallest absolute Gasteiger partial charge is 0.303 e. The Bertz CT molecular complexity index is 522. The van der Waals surface area contributed by atoms with Gasteiger partial charge in [-0.25, -0.2) is 0 Å². The van der Waals surface area contributed by atoms with E-state index in [1.54, 1.807) is 19.1 Å². The second-order valence-corrected chi connectivity index (χ2v) is 5.84. The van der Waals surface area contributed by atoms with E-state index in [9.17, 15) is 9.90 Å². The molecule has 0 aromatic rings. The highest BCUT2D eigenvalue weighted by Gasteiger charge is 1.93. The Labute approximate surface area is 157 Å². The monoisotopic (exact) mass is 360 g/mol. The van der Waals surface area contributed by atoms with E-state index >= 15 is 0 Å². The van der Waals surface area contributed by atoms with Crippen LogP contribution in [0.1, 0.15) is 45.4 Å². The summed E-state index contributed by atoms with van der Waals surface area (Å²) < 4.78 is 0. The number of aliphatic carboxylic acids is 1. The first-order valence-electron chi connectivity index (χ1n) is 9.05. The summed E-state index contributed by atoms with van der Waals surface area (Å²) >= 11 is 0. The summed E-state index contributed by atoms with van der Waals surface area (Å²) in [6.07, 6.45) is 25.7. The molecule has 4 nitrogen and oxygen atoms in total. The summed E-state index contributed by atoms with van der Waals surface area (Å²) in [5, 5.41) is 27.3. The highest BCUT2D eigenvalue weighted by Crippen LogP contribution is 1.99. The Balaban J connectivity index is 3.74. The fraction of sp³-hybridized carbons (Fsp3) is 0.409. The van der Waals surface area contributed by atoms with Gasteiger partial charge in [0.1, 0.15) is 0 Å². The summed E-state index contributed by atoms with van der Waals surface area (Å²) in [7, 11) is 0. The van der Waals surface area contributed by atoms with Gasteiger partial charge < -0.3 is 15.3 Å². The molecule has 0 bridgehead atoms. The zero-order valence-electron chi connectivity index (χ0n) is 15.6. The minimum Gasteiger partial charge on any atom is -0.481 e. The number of carboxylic acids is 1. The molecule has 0 aliphatic rings. The molecular weight excluding hydrogens is 328 g/mol. The van der Waals surface area contributed by atoms with E-state index in [0.717, 1.165) is 19.3 Å². The van der Waals surface area contributed by atoms with Crippen molar-refractivity contribution in [1.82, 2.24) is 0 Å². The largest absolute Gasteiger partial charge is 0.481 e. The van der Waals surface area contributed by atoms with Crippen molar-refractivity contribution < 1.29 is 20.1 Å². The third-order valence-electron chi connectivity index (χ3n) is 3.21. The molecule has 0 unspecified atom stereocenters. The molecule has 0 saturated heterocycles. The van der Waals surface area contributed by atoms with E-state index in [1.807, 2.05) is 60.8 Å². The molecule has 0 fully saturated rings. The Kier molecular flexibility index (Phi) is 16.2. The third kappa shape index (κ3) is 19.9. The van der Waals surface area contributed by atoms with Crippen LogP contribution in [0.4, 0.5) is 0 Å². The zero-order chi connectivity index (χ0) is 19.5. The molecule has 3 N–H and O–H groups in total. The van der Waals surface area contributed by atoms with Crippen LogP contribution in [0.25, 0.3) is 0 Å². The lowest BCUT2D eigenvalue weighted by molar-refractivity contribution is -0.136. The zero-order valence-corrected chi connectivity index (χ0v) is 15.6. The van der Waals surface area contributed by atoms with E-state index in [1.165, 1.54) is 0 Å². The first-order valence-corrected chi connectivity index (χ1v) is 9.05. The highest BCUT2D eigenvalue weighted by molar-refractivity contribution is 5.66. The van der Waals surface area contributed by atoms with Gasteiger partial charge >= 0.3 is 5.97 Å². The number of allylic oxidation sites excluding steroid dienone is 9. The number of hydrogen-bond donors (Lipinski definition) is 3. The molecule has 4 heteroatoms. The third-order valence-corrected chi connectivity index (χ3v) is 3.21. The fourth-order valence-electron chi connectivity index (χ4n) is 1.88. The molecule has 0 rings (SSSR count). The molecule has 0 spiro atoms. The number of carbonyl (C=O) groups is 1. The van der Waals surface area contributed by atoms with Crippen LogP contribution in [-0.4, -0.2) is 33.5 Å². The first kappa shape index (κ1) is 23.8. The van der Waals surface area contributed by atoms with Crippen molar-refractivity contribution >= 4 is 5.97 Å². The molecule has 0 aromatic heterocycles. The molecule has 0 radical (unpaired) electrons. The minimum atomic E-state index is -0.769. The molecule has 0 aliphatic carbocycles. The lowest BCUT2D eigenvalue weighted by atomic mass is 10.2. The van der Waals surface area contributed by atoms with Crippen LogP contribution in [-0.2, 0) is 4.79 Å². The van der Waals surface area contributed by atoms with Gasteiger partial charge in [-0.3, -0.25) is 4.79 Å². The van der Waals surface area contributed by atoms with Gasteiger partial charge in [0, 0.05) is 6.42 Å². The predicted octanol–water partition coefficient (Wildman–Crippen LogP) is 4.49. The van der Waals surface area contributed by atoms with Gasteiger partial charge in [0.05, 0.1) is 12.2 Å². The van der Waals surface area contributed by atoms with Gasteiger partial charge in [-0.05, 0) is 39.0 Å². The van der Waals surface area contributed by atoms with Crippen LogP contribution < -0.4 is 0 Å². The lowest BCUT2D eigenvalue weighted by Gasteiger charge is -1.98. The van der Waals surface area contributed by atoms with E-state index in [2.05, 4.69) is 0 Å². The van der Waals surface area contributed by atoms with Gasteiger partial charge in [0.25, 0.3) is 0 Å². The molecule has 144 valence electrons. The summed E-state index contributed by atoms with van der Waals surface area (Å²) in [5.41, 5.74) is 0. The Hall–Kier alpha value is -2.17. The van der Waals surface area contributed by atoms with Crippen LogP contribution in [0.2, 0.25) is 0 Å². The van der Waals surface area contributed by atoms with Crippen LogP contribution >= 0.6 is 0 Å². The highest BCUT2D eigenvalue weighted by atomic mass is 16.4. The molecular formula is C22H32O4. The number of carboxylic acid groups (broad SMARTS) is 1. The van der Waals surface area contributed by atoms with Gasteiger partial charge in [-0.2, -0.15) is 0 Å². The van der Waals surface area contributed by atoms with Crippen molar-refractivity contribution in [3.8, 4) is 0 Å². The van der Waals surface area contributed by atoms with E-state index in [4.69, 9.17) is 10.2 Å². The average molecular weight is 360 g/mol. The van der Waals surface area contributed by atoms with Crippen LogP contribution in [0.5, 0.6) is 0 Å². The quantitative estimate of drug-likeness (QED) is 0.315. The van der Waals surface area contributed by atoms with Gasteiger partial charge in [-0.15, -0.1) is 0 Å². The van der Waals surface area contributed by atoms with Gasteiger partial charge in [0.2, 0.25) is 0 Å². The molecule has 0 heterocycles. The Morgan fingerprint density at radius 2 is 1.42 bits per heavy atom. The maximum absolute atomic E-state index is 10.3. The minimum absolute atomic E-state index is 0.178. The van der Waals surface area contributed by atoms with Crippen LogP contribution in [0.3, 0.4) is 0 Å². The first-order chi connectivity index (χ1) is 12.5. The second-order valence-electron chi connectivity index (χ2n) is 5.84. The molecule has 0 saturated carbocycles. The van der Waals surface area contributed by atoms with Crippen molar-refractivity contribution in [1.29, 1.82) is 0 Å². The van der Waals surface area contributed by atoms with Crippen molar-refractivity contribution in [2.75, 3.05) is 0 Å². The van der Waals surface area contributed by atoms with E-state index in [0.29, 0.717) is 12.8 Å². The standard InChI is InChI=1S/C22H32O4/c1-20(23)16-12-10-11-14-18-21(24)17-13-8-6-4-2-3-5-7-9-15-19-22(25)26/h2-3,6-9,11-14,16-17,20-21,23-24H,4-5,10,15,18-19H2,1H3,(H,25,26)/b3-2-,8-6-,9-7-,14-11-,16-12-,17-13+/t20-,21+/m1/s1. The molecule has 2 atom stereocenters. The second kappa shape index (κ2) is 17.6. The number of aliphatic hydroxyl groups is 2. The van der Waals surface area contributed by atoms with Crippen LogP contribution in [0.15, 0.2) is 72.9 Å². The SMILES string of the molecule is C[C@@H](O)/C=C\C/C=C\C[C@@H](O)/C=C/C=C\C/C=C\C/C=C\CCC(=O)O.